The molecule has 22 heavy (non-hydrogen) atoms. The van der Waals surface area contributed by atoms with E-state index < -0.39 is 17.1 Å². The average molecular weight is 322 g/mol. The van der Waals surface area contributed by atoms with Gasteiger partial charge in [-0.25, -0.2) is 4.79 Å². The first-order chi connectivity index (χ1) is 10.2. The zero-order valence-corrected chi connectivity index (χ0v) is 13.2. The number of carbonyl (C=O) groups excluding carboxylic acids is 1. The quantitative estimate of drug-likeness (QED) is 0.858. The second kappa shape index (κ2) is 5.81. The summed E-state index contributed by atoms with van der Waals surface area (Å²) in [5.74, 6) is -0.440. The Morgan fingerprint density at radius 3 is 2.41 bits per heavy atom. The molecule has 6 nitrogen and oxygen atoms in total. The number of nitrogen functional groups attached to an aromatic ring is 1. The maximum Gasteiger partial charge on any atom is 0.338 e. The Morgan fingerprint density at radius 1 is 1.27 bits per heavy atom. The van der Waals surface area contributed by atoms with E-state index in [1.807, 2.05) is 0 Å². The number of nitrogens with two attached hydrogens (primary N) is 1. The van der Waals surface area contributed by atoms with Crippen molar-refractivity contribution in [1.29, 1.82) is 0 Å². The molecule has 2 N–H and O–H groups in total. The molecule has 0 unspecified atom stereocenters. The third kappa shape index (κ3) is 3.65. The van der Waals surface area contributed by atoms with E-state index >= 15 is 0 Å². The summed E-state index contributed by atoms with van der Waals surface area (Å²) in [5.41, 5.74) is 5.35. The van der Waals surface area contributed by atoms with Crippen molar-refractivity contribution in [2.75, 3.05) is 5.73 Å². The van der Waals surface area contributed by atoms with E-state index in [2.05, 4.69) is 5.10 Å². The summed E-state index contributed by atoms with van der Waals surface area (Å²) in [6.07, 6.45) is 0. The van der Waals surface area contributed by atoms with Crippen LogP contribution in [0.1, 0.15) is 31.1 Å². The Hall–Kier alpha value is -2.34. The van der Waals surface area contributed by atoms with Crippen LogP contribution < -0.4 is 11.3 Å². The highest BCUT2D eigenvalue weighted by Crippen LogP contribution is 2.14. The molecule has 0 aliphatic heterocycles. The molecule has 0 amide bonds. The van der Waals surface area contributed by atoms with Crippen LogP contribution in [0.5, 0.6) is 0 Å². The number of halogens is 1. The van der Waals surface area contributed by atoms with Crippen LogP contribution >= 0.6 is 11.6 Å². The van der Waals surface area contributed by atoms with Gasteiger partial charge in [0.15, 0.2) is 5.15 Å². The van der Waals surface area contributed by atoms with Crippen LogP contribution in [0.15, 0.2) is 35.1 Å². The normalized spacial score (nSPS) is 11.3. The summed E-state index contributed by atoms with van der Waals surface area (Å²) in [5, 5.41) is 4.02. The Balaban J connectivity index is 2.34. The fourth-order valence-electron chi connectivity index (χ4n) is 1.73. The van der Waals surface area contributed by atoms with E-state index in [4.69, 9.17) is 22.1 Å². The van der Waals surface area contributed by atoms with Crippen LogP contribution in [-0.2, 0) is 4.74 Å². The number of benzene rings is 1. The van der Waals surface area contributed by atoms with Crippen LogP contribution in [0, 0.1) is 0 Å². The second-order valence-electron chi connectivity index (χ2n) is 5.69. The van der Waals surface area contributed by atoms with Gasteiger partial charge in [-0.3, -0.25) is 4.79 Å². The number of ether oxygens (including phenoxy) is 1. The number of rotatable bonds is 2. The Bertz CT molecular complexity index is 761. The predicted molar refractivity (Wildman–Crippen MR) is 84.4 cm³/mol. The zero-order chi connectivity index (χ0) is 16.5. The van der Waals surface area contributed by atoms with Gasteiger partial charge in [-0.1, -0.05) is 11.6 Å². The van der Waals surface area contributed by atoms with Crippen molar-refractivity contribution in [2.45, 2.75) is 26.4 Å². The topological polar surface area (TPSA) is 87.2 Å². The predicted octanol–water partition coefficient (Wildman–Crippen LogP) is 2.42. The molecule has 0 atom stereocenters. The van der Waals surface area contributed by atoms with Gasteiger partial charge in [0, 0.05) is 6.07 Å². The van der Waals surface area contributed by atoms with E-state index in [-0.39, 0.29) is 10.8 Å². The molecule has 0 aliphatic carbocycles. The van der Waals surface area contributed by atoms with Crippen molar-refractivity contribution in [3.8, 4) is 5.69 Å². The van der Waals surface area contributed by atoms with E-state index in [0.29, 0.717) is 11.3 Å². The van der Waals surface area contributed by atoms with E-state index in [1.165, 1.54) is 6.07 Å². The molecule has 2 rings (SSSR count). The maximum atomic E-state index is 12.0. The van der Waals surface area contributed by atoms with Crippen molar-refractivity contribution in [2.24, 2.45) is 0 Å². The average Bonchev–Trinajstić information content (AvgIpc) is 2.41. The van der Waals surface area contributed by atoms with Crippen LogP contribution in [0.25, 0.3) is 5.69 Å². The Labute approximate surface area is 132 Å². The second-order valence-corrected chi connectivity index (χ2v) is 6.08. The van der Waals surface area contributed by atoms with Crippen molar-refractivity contribution >= 4 is 23.3 Å². The summed E-state index contributed by atoms with van der Waals surface area (Å²) >= 11 is 5.80. The molecule has 0 bridgehead atoms. The molecule has 1 aromatic carbocycles. The number of nitrogens with zero attached hydrogens (tertiary/aromatic N) is 2. The third-order valence-corrected chi connectivity index (χ3v) is 2.84. The number of carbonyl (C=O) groups is 1. The molecule has 7 heteroatoms. The molecule has 2 aromatic rings. The van der Waals surface area contributed by atoms with E-state index in [0.717, 1.165) is 4.68 Å². The van der Waals surface area contributed by atoms with E-state index in [9.17, 15) is 9.59 Å². The summed E-state index contributed by atoms with van der Waals surface area (Å²) < 4.78 is 6.35. The lowest BCUT2D eigenvalue weighted by molar-refractivity contribution is 0.00695. The van der Waals surface area contributed by atoms with Gasteiger partial charge in [-0.2, -0.15) is 9.78 Å². The lowest BCUT2D eigenvalue weighted by atomic mass is 10.1. The fourth-order valence-corrected chi connectivity index (χ4v) is 1.93. The highest BCUT2D eigenvalue weighted by molar-refractivity contribution is 6.29. The monoisotopic (exact) mass is 321 g/mol. The van der Waals surface area contributed by atoms with Crippen LogP contribution in [0.2, 0.25) is 5.15 Å². The standard InChI is InChI=1S/C15H16ClN3O3/c1-15(2,3)22-14(21)9-4-6-10(7-5-9)19-13(20)11(17)8-12(16)18-19/h4-8H,17H2,1-3H3. The Morgan fingerprint density at radius 2 is 1.86 bits per heavy atom. The largest absolute Gasteiger partial charge is 0.456 e. The zero-order valence-electron chi connectivity index (χ0n) is 12.5. The summed E-state index contributed by atoms with van der Waals surface area (Å²) in [7, 11) is 0. The number of hydrogen-bond donors (Lipinski definition) is 1. The molecular formula is C15H16ClN3O3. The van der Waals surface area contributed by atoms with Gasteiger partial charge >= 0.3 is 5.97 Å². The molecular weight excluding hydrogens is 306 g/mol. The summed E-state index contributed by atoms with van der Waals surface area (Å²) in [6.45, 7) is 5.37. The van der Waals surface area contributed by atoms with Gasteiger partial charge in [0.2, 0.25) is 0 Å². The summed E-state index contributed by atoms with van der Waals surface area (Å²) in [4.78, 5) is 23.9. The van der Waals surface area contributed by atoms with Gasteiger partial charge in [0.05, 0.1) is 11.3 Å². The number of anilines is 1. The minimum Gasteiger partial charge on any atom is -0.456 e. The Kier molecular flexibility index (Phi) is 4.23. The molecule has 0 fully saturated rings. The smallest absolute Gasteiger partial charge is 0.338 e. The minimum absolute atomic E-state index is 0.00350. The molecule has 0 saturated carbocycles. The van der Waals surface area contributed by atoms with E-state index in [1.54, 1.807) is 45.0 Å². The van der Waals surface area contributed by atoms with Crippen LogP contribution in [-0.4, -0.2) is 21.4 Å². The van der Waals surface area contributed by atoms with Gasteiger partial charge in [-0.15, -0.1) is 0 Å². The number of aromatic nitrogens is 2. The third-order valence-electron chi connectivity index (χ3n) is 2.66. The maximum absolute atomic E-state index is 12.0. The van der Waals surface area contributed by atoms with Crippen LogP contribution in [0.3, 0.4) is 0 Å². The van der Waals surface area contributed by atoms with Gasteiger partial charge in [-0.05, 0) is 45.0 Å². The number of hydrogen-bond acceptors (Lipinski definition) is 5. The SMILES string of the molecule is CC(C)(C)OC(=O)c1ccc(-n2nc(Cl)cc(N)c2=O)cc1. The fraction of sp³-hybridized carbons (Fsp3) is 0.267. The molecule has 116 valence electrons. The number of esters is 1. The molecule has 0 aliphatic rings. The van der Waals surface area contributed by atoms with Crippen LogP contribution in [0.4, 0.5) is 5.69 Å². The molecule has 1 heterocycles. The van der Waals surface area contributed by atoms with Crippen molar-refractivity contribution < 1.29 is 9.53 Å². The van der Waals surface area contributed by atoms with Gasteiger partial charge in [0.1, 0.15) is 11.3 Å². The highest BCUT2D eigenvalue weighted by atomic mass is 35.5. The van der Waals surface area contributed by atoms with Crippen molar-refractivity contribution in [1.82, 2.24) is 9.78 Å². The van der Waals surface area contributed by atoms with Gasteiger partial charge < -0.3 is 10.5 Å². The molecule has 1 aromatic heterocycles. The molecule has 0 spiro atoms. The van der Waals surface area contributed by atoms with Gasteiger partial charge in [0.25, 0.3) is 5.56 Å². The molecule has 0 radical (unpaired) electrons. The first-order valence-electron chi connectivity index (χ1n) is 6.56. The summed E-state index contributed by atoms with van der Waals surface area (Å²) in [6, 6.07) is 7.53. The lowest BCUT2D eigenvalue weighted by Gasteiger charge is -2.19. The van der Waals surface area contributed by atoms with Crippen molar-refractivity contribution in [3.63, 3.8) is 0 Å². The highest BCUT2D eigenvalue weighted by Gasteiger charge is 2.18. The first kappa shape index (κ1) is 16.0. The first-order valence-corrected chi connectivity index (χ1v) is 6.94. The lowest BCUT2D eigenvalue weighted by Crippen LogP contribution is -2.25. The van der Waals surface area contributed by atoms with Crippen molar-refractivity contribution in [3.05, 3.63) is 51.4 Å². The molecule has 0 saturated heterocycles. The minimum atomic E-state index is -0.574.